The average Bonchev–Trinajstić information content (AvgIpc) is 2.47. The van der Waals surface area contributed by atoms with E-state index in [1.165, 1.54) is 11.8 Å². The summed E-state index contributed by atoms with van der Waals surface area (Å²) in [6.07, 6.45) is 0.356. The van der Waals surface area contributed by atoms with E-state index in [2.05, 4.69) is 10.6 Å². The van der Waals surface area contributed by atoms with Gasteiger partial charge in [-0.1, -0.05) is 12.1 Å². The lowest BCUT2D eigenvalue weighted by atomic mass is 10.2. The van der Waals surface area contributed by atoms with Crippen LogP contribution in [0.1, 0.15) is 6.42 Å². The molecule has 0 spiro atoms. The molecule has 1 aliphatic rings. The number of amides is 2. The molecule has 2 amide bonds. The minimum Gasteiger partial charge on any atom is -0.378 e. The maximum absolute atomic E-state index is 12.1. The van der Waals surface area contributed by atoms with Gasteiger partial charge in [-0.05, 0) is 12.1 Å². The Labute approximate surface area is 127 Å². The fraction of sp³-hybridized carbons (Fsp3) is 0.429. The first-order valence-electron chi connectivity index (χ1n) is 6.76. The third-order valence-electron chi connectivity index (χ3n) is 2.96. The van der Waals surface area contributed by atoms with Gasteiger partial charge in [0.15, 0.2) is 0 Å². The number of hydrogen-bond acceptors (Lipinski definition) is 5. The second-order valence-electron chi connectivity index (χ2n) is 4.73. The van der Waals surface area contributed by atoms with Crippen molar-refractivity contribution >= 4 is 29.3 Å². The molecule has 1 heterocycles. The molecule has 1 saturated heterocycles. The SMILES string of the molecule is NC(=O)CSc1ccccc1NC(=O)CC1COCCN1. The van der Waals surface area contributed by atoms with Crippen LogP contribution in [0.2, 0.25) is 0 Å². The van der Waals surface area contributed by atoms with Crippen LogP contribution in [0.4, 0.5) is 5.69 Å². The Morgan fingerprint density at radius 1 is 1.43 bits per heavy atom. The van der Waals surface area contributed by atoms with Crippen LogP contribution in [0.3, 0.4) is 0 Å². The van der Waals surface area contributed by atoms with Crippen molar-refractivity contribution in [2.24, 2.45) is 5.73 Å². The number of carbonyl (C=O) groups excluding carboxylic acids is 2. The van der Waals surface area contributed by atoms with Crippen molar-refractivity contribution in [3.05, 3.63) is 24.3 Å². The predicted molar refractivity (Wildman–Crippen MR) is 82.2 cm³/mol. The van der Waals surface area contributed by atoms with E-state index in [-0.39, 0.29) is 23.6 Å². The first-order valence-corrected chi connectivity index (χ1v) is 7.75. The van der Waals surface area contributed by atoms with Crippen LogP contribution in [0.5, 0.6) is 0 Å². The highest BCUT2D eigenvalue weighted by molar-refractivity contribution is 8.00. The minimum absolute atomic E-state index is 0.0455. The molecule has 7 heteroatoms. The molecule has 1 fully saturated rings. The number of hydrogen-bond donors (Lipinski definition) is 3. The maximum atomic E-state index is 12.1. The molecule has 114 valence electrons. The van der Waals surface area contributed by atoms with Crippen LogP contribution in [0.15, 0.2) is 29.2 Å². The van der Waals surface area contributed by atoms with Crippen LogP contribution >= 0.6 is 11.8 Å². The summed E-state index contributed by atoms with van der Waals surface area (Å²) >= 11 is 1.31. The monoisotopic (exact) mass is 309 g/mol. The second kappa shape index (κ2) is 8.02. The molecule has 21 heavy (non-hydrogen) atoms. The summed E-state index contributed by atoms with van der Waals surface area (Å²) in [7, 11) is 0. The standard InChI is InChI=1S/C14H19N3O3S/c15-13(18)9-21-12-4-2-1-3-11(12)17-14(19)7-10-8-20-6-5-16-10/h1-4,10,16H,5-9H2,(H2,15,18)(H,17,19). The number of morpholine rings is 1. The summed E-state index contributed by atoms with van der Waals surface area (Å²) in [5.74, 6) is -0.278. The Morgan fingerprint density at radius 2 is 2.24 bits per heavy atom. The highest BCUT2D eigenvalue weighted by atomic mass is 32.2. The van der Waals surface area contributed by atoms with Gasteiger partial charge in [-0.15, -0.1) is 11.8 Å². The van der Waals surface area contributed by atoms with Crippen LogP contribution < -0.4 is 16.4 Å². The molecule has 1 aromatic rings. The molecule has 0 radical (unpaired) electrons. The summed E-state index contributed by atoms with van der Waals surface area (Å²) in [4.78, 5) is 23.8. The van der Waals surface area contributed by atoms with Crippen molar-refractivity contribution in [2.45, 2.75) is 17.4 Å². The third kappa shape index (κ3) is 5.37. The molecule has 1 aliphatic heterocycles. The molecule has 6 nitrogen and oxygen atoms in total. The van der Waals surface area contributed by atoms with Crippen molar-refractivity contribution in [3.63, 3.8) is 0 Å². The summed E-state index contributed by atoms with van der Waals surface area (Å²) in [6.45, 7) is 2.00. The zero-order valence-electron chi connectivity index (χ0n) is 11.6. The van der Waals surface area contributed by atoms with Gasteiger partial charge in [0.25, 0.3) is 0 Å². The molecule has 1 atom stereocenters. The number of anilines is 1. The van der Waals surface area contributed by atoms with Gasteiger partial charge >= 0.3 is 0 Å². The molecule has 0 saturated carbocycles. The first-order chi connectivity index (χ1) is 10.1. The topological polar surface area (TPSA) is 93.5 Å². The maximum Gasteiger partial charge on any atom is 0.227 e. The van der Waals surface area contributed by atoms with E-state index in [1.807, 2.05) is 24.3 Å². The number of rotatable bonds is 6. The van der Waals surface area contributed by atoms with Crippen LogP contribution in [0.25, 0.3) is 0 Å². The summed E-state index contributed by atoms with van der Waals surface area (Å²) in [5.41, 5.74) is 5.85. The number of carbonyl (C=O) groups is 2. The normalized spacial score (nSPS) is 18.2. The van der Waals surface area contributed by atoms with Crippen LogP contribution in [-0.4, -0.2) is 43.4 Å². The van der Waals surface area contributed by atoms with Gasteiger partial charge < -0.3 is 21.1 Å². The van der Waals surface area contributed by atoms with Crippen LogP contribution in [-0.2, 0) is 14.3 Å². The number of primary amides is 1. The smallest absolute Gasteiger partial charge is 0.227 e. The minimum atomic E-state index is -0.385. The summed E-state index contributed by atoms with van der Waals surface area (Å²) in [5, 5.41) is 6.11. The van der Waals surface area contributed by atoms with Gasteiger partial charge in [-0.25, -0.2) is 0 Å². The molecular weight excluding hydrogens is 290 g/mol. The molecule has 1 aromatic carbocycles. The lowest BCUT2D eigenvalue weighted by molar-refractivity contribution is -0.117. The molecule has 0 aromatic heterocycles. The molecule has 2 rings (SSSR count). The van der Waals surface area contributed by atoms with E-state index in [4.69, 9.17) is 10.5 Å². The number of ether oxygens (including phenoxy) is 1. The summed E-state index contributed by atoms with van der Waals surface area (Å²) in [6, 6.07) is 7.41. The molecule has 0 bridgehead atoms. The average molecular weight is 309 g/mol. The number of nitrogens with two attached hydrogens (primary N) is 1. The van der Waals surface area contributed by atoms with E-state index in [0.29, 0.717) is 25.3 Å². The van der Waals surface area contributed by atoms with Gasteiger partial charge in [0.05, 0.1) is 24.7 Å². The molecule has 1 unspecified atom stereocenters. The third-order valence-corrected chi connectivity index (χ3v) is 4.06. The lowest BCUT2D eigenvalue weighted by Crippen LogP contribution is -2.43. The predicted octanol–water partition coefficient (Wildman–Crippen LogP) is 0.581. The second-order valence-corrected chi connectivity index (χ2v) is 5.75. The van der Waals surface area contributed by atoms with Crippen molar-refractivity contribution in [2.75, 3.05) is 30.8 Å². The van der Waals surface area contributed by atoms with Crippen LogP contribution in [0, 0.1) is 0 Å². The number of thioether (sulfide) groups is 1. The fourth-order valence-electron chi connectivity index (χ4n) is 2.02. The van der Waals surface area contributed by atoms with Crippen molar-refractivity contribution in [1.82, 2.24) is 5.32 Å². The highest BCUT2D eigenvalue weighted by Gasteiger charge is 2.17. The number of nitrogens with one attached hydrogen (secondary N) is 2. The van der Waals surface area contributed by atoms with Gasteiger partial charge in [0.1, 0.15) is 0 Å². The largest absolute Gasteiger partial charge is 0.378 e. The first kappa shape index (κ1) is 15.8. The van der Waals surface area contributed by atoms with Crippen molar-refractivity contribution < 1.29 is 14.3 Å². The highest BCUT2D eigenvalue weighted by Crippen LogP contribution is 2.26. The van der Waals surface area contributed by atoms with Gasteiger partial charge in [0, 0.05) is 23.9 Å². The number of para-hydroxylation sites is 1. The Hall–Kier alpha value is -1.57. The van der Waals surface area contributed by atoms with E-state index >= 15 is 0 Å². The Morgan fingerprint density at radius 3 is 2.95 bits per heavy atom. The van der Waals surface area contributed by atoms with Gasteiger partial charge in [-0.3, -0.25) is 9.59 Å². The zero-order valence-corrected chi connectivity index (χ0v) is 12.4. The van der Waals surface area contributed by atoms with E-state index < -0.39 is 0 Å². The zero-order chi connectivity index (χ0) is 15.1. The van der Waals surface area contributed by atoms with E-state index in [0.717, 1.165) is 11.4 Å². The lowest BCUT2D eigenvalue weighted by Gasteiger charge is -2.23. The van der Waals surface area contributed by atoms with Crippen molar-refractivity contribution in [1.29, 1.82) is 0 Å². The summed E-state index contributed by atoms with van der Waals surface area (Å²) < 4.78 is 5.32. The Kier molecular flexibility index (Phi) is 6.04. The Bertz CT molecular complexity index is 504. The Balaban J connectivity index is 1.91. The van der Waals surface area contributed by atoms with Gasteiger partial charge in [0.2, 0.25) is 11.8 Å². The molecule has 4 N–H and O–H groups in total. The quantitative estimate of drug-likeness (QED) is 0.668. The van der Waals surface area contributed by atoms with E-state index in [9.17, 15) is 9.59 Å². The molecule has 0 aliphatic carbocycles. The fourth-order valence-corrected chi connectivity index (χ4v) is 2.77. The van der Waals surface area contributed by atoms with Crippen molar-refractivity contribution in [3.8, 4) is 0 Å². The van der Waals surface area contributed by atoms with Gasteiger partial charge in [-0.2, -0.15) is 0 Å². The number of benzene rings is 1. The molecular formula is C14H19N3O3S. The van der Waals surface area contributed by atoms with E-state index in [1.54, 1.807) is 0 Å².